The molecular formula is C25H21ClN2O2. The summed E-state index contributed by atoms with van der Waals surface area (Å²) in [5.41, 5.74) is 4.53. The quantitative estimate of drug-likeness (QED) is 0.391. The molecule has 0 radical (unpaired) electrons. The maximum absolute atomic E-state index is 12.5. The number of halogens is 1. The van der Waals surface area contributed by atoms with E-state index in [4.69, 9.17) is 16.3 Å². The number of nitriles is 1. The van der Waals surface area contributed by atoms with Gasteiger partial charge in [-0.25, -0.2) is 0 Å². The van der Waals surface area contributed by atoms with Crippen LogP contribution in [0.25, 0.3) is 6.08 Å². The largest absolute Gasteiger partial charge is 0.489 e. The molecule has 150 valence electrons. The van der Waals surface area contributed by atoms with Crippen LogP contribution in [-0.2, 0) is 11.4 Å². The monoisotopic (exact) mass is 416 g/mol. The van der Waals surface area contributed by atoms with Gasteiger partial charge in [0.2, 0.25) is 0 Å². The van der Waals surface area contributed by atoms with E-state index in [9.17, 15) is 10.1 Å². The summed E-state index contributed by atoms with van der Waals surface area (Å²) in [6, 6.07) is 22.3. The van der Waals surface area contributed by atoms with Gasteiger partial charge < -0.3 is 10.1 Å². The average Bonchev–Trinajstić information content (AvgIpc) is 2.75. The lowest BCUT2D eigenvalue weighted by Gasteiger charge is -2.08. The van der Waals surface area contributed by atoms with E-state index in [2.05, 4.69) is 5.32 Å². The number of hydrogen-bond acceptors (Lipinski definition) is 3. The van der Waals surface area contributed by atoms with Crippen molar-refractivity contribution in [3.8, 4) is 11.8 Å². The van der Waals surface area contributed by atoms with Gasteiger partial charge in [0.1, 0.15) is 24.0 Å². The third kappa shape index (κ3) is 5.50. The maximum atomic E-state index is 12.5. The maximum Gasteiger partial charge on any atom is 0.266 e. The summed E-state index contributed by atoms with van der Waals surface area (Å²) in [5, 5.41) is 12.8. The number of benzene rings is 3. The Bertz CT molecular complexity index is 1130. The molecule has 0 aromatic heterocycles. The van der Waals surface area contributed by atoms with Crippen LogP contribution in [0.5, 0.6) is 5.75 Å². The topological polar surface area (TPSA) is 62.1 Å². The minimum Gasteiger partial charge on any atom is -0.489 e. The highest BCUT2D eigenvalue weighted by Gasteiger charge is 2.10. The highest BCUT2D eigenvalue weighted by Crippen LogP contribution is 2.20. The second-order valence-corrected chi connectivity index (χ2v) is 7.28. The highest BCUT2D eigenvalue weighted by atomic mass is 35.5. The molecule has 0 aliphatic carbocycles. The minimum atomic E-state index is -0.445. The molecule has 0 aliphatic heterocycles. The van der Waals surface area contributed by atoms with Crippen molar-refractivity contribution in [2.75, 3.05) is 5.32 Å². The van der Waals surface area contributed by atoms with Gasteiger partial charge in [0.05, 0.1) is 0 Å². The SMILES string of the molecule is Cc1ccc(NC(=O)/C(C#N)=C/c2ccc(OCc3ccccc3Cl)cc2)cc1C. The number of rotatable bonds is 6. The van der Waals surface area contributed by atoms with Crippen LogP contribution in [-0.4, -0.2) is 5.91 Å². The number of hydrogen-bond donors (Lipinski definition) is 1. The zero-order chi connectivity index (χ0) is 21.5. The Labute approximate surface area is 181 Å². The van der Waals surface area contributed by atoms with E-state index < -0.39 is 5.91 Å². The lowest BCUT2D eigenvalue weighted by atomic mass is 10.1. The summed E-state index contributed by atoms with van der Waals surface area (Å²) < 4.78 is 5.76. The van der Waals surface area contributed by atoms with Gasteiger partial charge in [-0.05, 0) is 66.9 Å². The molecule has 0 saturated carbocycles. The van der Waals surface area contributed by atoms with E-state index in [0.29, 0.717) is 23.1 Å². The third-order valence-electron chi connectivity index (χ3n) is 4.67. The number of carbonyl (C=O) groups is 1. The number of aryl methyl sites for hydroxylation is 2. The van der Waals surface area contributed by atoms with E-state index in [1.54, 1.807) is 30.3 Å². The van der Waals surface area contributed by atoms with Gasteiger partial charge in [0.25, 0.3) is 5.91 Å². The molecule has 0 heterocycles. The van der Waals surface area contributed by atoms with E-state index in [1.165, 1.54) is 0 Å². The second kappa shape index (κ2) is 9.78. The number of carbonyl (C=O) groups excluding carboxylic acids is 1. The Kier molecular flexibility index (Phi) is 6.90. The van der Waals surface area contributed by atoms with Crippen LogP contribution in [0.2, 0.25) is 5.02 Å². The molecule has 0 bridgehead atoms. The number of ether oxygens (including phenoxy) is 1. The van der Waals surface area contributed by atoms with E-state index in [0.717, 1.165) is 22.3 Å². The molecule has 30 heavy (non-hydrogen) atoms. The minimum absolute atomic E-state index is 0.0259. The summed E-state index contributed by atoms with van der Waals surface area (Å²) in [4.78, 5) is 12.5. The van der Waals surface area contributed by atoms with Gasteiger partial charge in [0, 0.05) is 16.3 Å². The highest BCUT2D eigenvalue weighted by molar-refractivity contribution is 6.31. The van der Waals surface area contributed by atoms with Gasteiger partial charge in [-0.2, -0.15) is 5.26 Å². The molecule has 0 saturated heterocycles. The van der Waals surface area contributed by atoms with Crippen molar-refractivity contribution in [2.24, 2.45) is 0 Å². The summed E-state index contributed by atoms with van der Waals surface area (Å²) in [7, 11) is 0. The van der Waals surface area contributed by atoms with Gasteiger partial charge in [-0.15, -0.1) is 0 Å². The molecule has 1 N–H and O–H groups in total. The molecule has 3 aromatic rings. The van der Waals surface area contributed by atoms with Gasteiger partial charge in [-0.3, -0.25) is 4.79 Å². The first-order valence-corrected chi connectivity index (χ1v) is 9.81. The van der Waals surface area contributed by atoms with Crippen molar-refractivity contribution >= 4 is 29.3 Å². The number of anilines is 1. The predicted octanol–water partition coefficient (Wildman–Crippen LogP) is 6.08. The Morgan fingerprint density at radius 2 is 1.80 bits per heavy atom. The fraction of sp³-hybridized carbons (Fsp3) is 0.120. The number of nitrogens with one attached hydrogen (secondary N) is 1. The fourth-order valence-electron chi connectivity index (χ4n) is 2.77. The normalized spacial score (nSPS) is 10.9. The van der Waals surface area contributed by atoms with Crippen LogP contribution in [0, 0.1) is 25.2 Å². The summed E-state index contributed by atoms with van der Waals surface area (Å²) in [6.07, 6.45) is 1.55. The van der Waals surface area contributed by atoms with Crippen molar-refractivity contribution in [3.63, 3.8) is 0 Å². The standard InChI is InChI=1S/C25H21ClN2O2/c1-17-7-10-22(13-18(17)2)28-25(29)21(15-27)14-19-8-11-23(12-9-19)30-16-20-5-3-4-6-24(20)26/h3-14H,16H2,1-2H3,(H,28,29)/b21-14+. The van der Waals surface area contributed by atoms with Gasteiger partial charge >= 0.3 is 0 Å². The smallest absolute Gasteiger partial charge is 0.266 e. The molecule has 0 fully saturated rings. The van der Waals surface area contributed by atoms with Crippen LogP contribution in [0.15, 0.2) is 72.3 Å². The zero-order valence-electron chi connectivity index (χ0n) is 16.8. The molecule has 3 rings (SSSR count). The van der Waals surface area contributed by atoms with Crippen molar-refractivity contribution in [2.45, 2.75) is 20.5 Å². The molecular weight excluding hydrogens is 396 g/mol. The molecule has 5 heteroatoms. The van der Waals surface area contributed by atoms with Crippen LogP contribution < -0.4 is 10.1 Å². The lowest BCUT2D eigenvalue weighted by Crippen LogP contribution is -2.13. The van der Waals surface area contributed by atoms with Crippen LogP contribution in [0.1, 0.15) is 22.3 Å². The molecule has 4 nitrogen and oxygen atoms in total. The van der Waals surface area contributed by atoms with Crippen molar-refractivity contribution in [1.82, 2.24) is 0 Å². The van der Waals surface area contributed by atoms with Gasteiger partial charge in [-0.1, -0.05) is 48.0 Å². The molecule has 0 unspecified atom stereocenters. The summed E-state index contributed by atoms with van der Waals surface area (Å²) in [5.74, 6) is 0.227. The zero-order valence-corrected chi connectivity index (χ0v) is 17.5. The van der Waals surface area contributed by atoms with Gasteiger partial charge in [0.15, 0.2) is 0 Å². The lowest BCUT2D eigenvalue weighted by molar-refractivity contribution is -0.112. The Balaban J connectivity index is 1.66. The van der Waals surface area contributed by atoms with E-state index in [1.807, 2.05) is 62.4 Å². The second-order valence-electron chi connectivity index (χ2n) is 6.87. The van der Waals surface area contributed by atoms with Crippen LogP contribution in [0.4, 0.5) is 5.69 Å². The average molecular weight is 417 g/mol. The van der Waals surface area contributed by atoms with Crippen LogP contribution >= 0.6 is 11.6 Å². The number of amides is 1. The molecule has 3 aromatic carbocycles. The van der Waals surface area contributed by atoms with E-state index in [-0.39, 0.29) is 5.57 Å². The van der Waals surface area contributed by atoms with Crippen molar-refractivity contribution in [3.05, 3.63) is 99.6 Å². The van der Waals surface area contributed by atoms with Crippen molar-refractivity contribution < 1.29 is 9.53 Å². The summed E-state index contributed by atoms with van der Waals surface area (Å²) >= 11 is 6.14. The molecule has 0 aliphatic rings. The molecule has 0 spiro atoms. The number of nitrogens with zero attached hydrogens (tertiary/aromatic N) is 1. The Morgan fingerprint density at radius 1 is 1.07 bits per heavy atom. The first kappa shape index (κ1) is 21.2. The summed E-state index contributed by atoms with van der Waals surface area (Å²) in [6.45, 7) is 4.33. The Morgan fingerprint density at radius 3 is 2.47 bits per heavy atom. The first-order chi connectivity index (χ1) is 14.5. The predicted molar refractivity (Wildman–Crippen MR) is 120 cm³/mol. The molecule has 0 atom stereocenters. The van der Waals surface area contributed by atoms with E-state index >= 15 is 0 Å². The van der Waals surface area contributed by atoms with Crippen molar-refractivity contribution in [1.29, 1.82) is 5.26 Å². The Hall–Kier alpha value is -3.55. The van der Waals surface area contributed by atoms with Crippen LogP contribution in [0.3, 0.4) is 0 Å². The third-order valence-corrected chi connectivity index (χ3v) is 5.04. The molecule has 1 amide bonds. The first-order valence-electron chi connectivity index (χ1n) is 9.43. The fourth-order valence-corrected chi connectivity index (χ4v) is 2.96.